The van der Waals surface area contributed by atoms with Crippen LogP contribution in [-0.4, -0.2) is 34.5 Å². The van der Waals surface area contributed by atoms with E-state index in [9.17, 15) is 0 Å². The van der Waals surface area contributed by atoms with Gasteiger partial charge in [0, 0.05) is 13.0 Å². The van der Waals surface area contributed by atoms with Gasteiger partial charge in [0.1, 0.15) is 6.33 Å². The summed E-state index contributed by atoms with van der Waals surface area (Å²) in [6.45, 7) is 2.32. The summed E-state index contributed by atoms with van der Waals surface area (Å²) in [5.74, 6) is 2.49. The van der Waals surface area contributed by atoms with Gasteiger partial charge in [0.2, 0.25) is 5.95 Å². The normalized spacial score (nSPS) is 20.7. The third kappa shape index (κ3) is 1.88. The van der Waals surface area contributed by atoms with Crippen LogP contribution >= 0.6 is 0 Å². The van der Waals surface area contributed by atoms with Crippen LogP contribution in [0, 0.1) is 0 Å². The van der Waals surface area contributed by atoms with E-state index in [4.69, 9.17) is 9.47 Å². The molecule has 0 amide bonds. The first-order chi connectivity index (χ1) is 9.92. The lowest BCUT2D eigenvalue weighted by Gasteiger charge is -2.25. The zero-order valence-electron chi connectivity index (χ0n) is 11.1. The summed E-state index contributed by atoms with van der Waals surface area (Å²) in [7, 11) is 0. The van der Waals surface area contributed by atoms with Gasteiger partial charge in [-0.1, -0.05) is 6.07 Å². The third-order valence-corrected chi connectivity index (χ3v) is 3.73. The van der Waals surface area contributed by atoms with E-state index < -0.39 is 0 Å². The molecule has 6 heteroatoms. The van der Waals surface area contributed by atoms with E-state index in [-0.39, 0.29) is 6.04 Å². The Morgan fingerprint density at radius 3 is 3.05 bits per heavy atom. The molecule has 0 spiro atoms. The fourth-order valence-electron chi connectivity index (χ4n) is 2.74. The van der Waals surface area contributed by atoms with Gasteiger partial charge < -0.3 is 14.8 Å². The Morgan fingerprint density at radius 2 is 2.10 bits per heavy atom. The molecule has 0 saturated carbocycles. The minimum Gasteiger partial charge on any atom is -0.490 e. The van der Waals surface area contributed by atoms with Crippen LogP contribution in [0.25, 0.3) is 0 Å². The van der Waals surface area contributed by atoms with Crippen LogP contribution in [0.3, 0.4) is 0 Å². The zero-order chi connectivity index (χ0) is 13.4. The van der Waals surface area contributed by atoms with Crippen molar-refractivity contribution in [1.82, 2.24) is 14.8 Å². The van der Waals surface area contributed by atoms with Gasteiger partial charge in [-0.2, -0.15) is 10.1 Å². The van der Waals surface area contributed by atoms with Gasteiger partial charge in [-0.3, -0.25) is 0 Å². The van der Waals surface area contributed by atoms with Crippen molar-refractivity contribution in [3.05, 3.63) is 30.1 Å². The van der Waals surface area contributed by atoms with E-state index in [2.05, 4.69) is 27.5 Å². The molecule has 2 aromatic rings. The molecule has 1 aromatic heterocycles. The summed E-state index contributed by atoms with van der Waals surface area (Å²) < 4.78 is 13.4. The Bertz CT molecular complexity index is 625. The van der Waals surface area contributed by atoms with Crippen LogP contribution in [0.4, 0.5) is 5.95 Å². The van der Waals surface area contributed by atoms with Crippen LogP contribution < -0.4 is 14.8 Å². The highest BCUT2D eigenvalue weighted by Crippen LogP contribution is 2.35. The summed E-state index contributed by atoms with van der Waals surface area (Å²) in [6, 6.07) is 6.36. The summed E-state index contributed by atoms with van der Waals surface area (Å²) in [5.41, 5.74) is 1.18. The average Bonchev–Trinajstić information content (AvgIpc) is 2.84. The molecule has 1 aromatic carbocycles. The molecule has 6 nitrogen and oxygen atoms in total. The van der Waals surface area contributed by atoms with E-state index in [0.717, 1.165) is 36.8 Å². The Kier molecular flexibility index (Phi) is 2.72. The van der Waals surface area contributed by atoms with Gasteiger partial charge in [0.25, 0.3) is 0 Å². The van der Waals surface area contributed by atoms with Gasteiger partial charge >= 0.3 is 0 Å². The van der Waals surface area contributed by atoms with Crippen molar-refractivity contribution < 1.29 is 9.47 Å². The molecule has 1 unspecified atom stereocenters. The fourth-order valence-corrected chi connectivity index (χ4v) is 2.74. The monoisotopic (exact) mass is 272 g/mol. The molecular weight excluding hydrogens is 256 g/mol. The van der Waals surface area contributed by atoms with E-state index in [1.807, 2.05) is 10.7 Å². The summed E-state index contributed by atoms with van der Waals surface area (Å²) in [6.07, 6.45) is 3.49. The first-order valence-corrected chi connectivity index (χ1v) is 6.95. The Morgan fingerprint density at radius 1 is 1.20 bits per heavy atom. The number of nitrogens with one attached hydrogen (secondary N) is 1. The minimum atomic E-state index is 0.200. The first-order valence-electron chi connectivity index (χ1n) is 6.95. The Hall–Kier alpha value is -2.24. The number of hydrogen-bond acceptors (Lipinski definition) is 5. The van der Waals surface area contributed by atoms with Gasteiger partial charge in [-0.15, -0.1) is 0 Å². The van der Waals surface area contributed by atoms with Crippen LogP contribution in [0.2, 0.25) is 0 Å². The number of rotatable bonds is 1. The third-order valence-electron chi connectivity index (χ3n) is 3.73. The van der Waals surface area contributed by atoms with Crippen molar-refractivity contribution in [3.63, 3.8) is 0 Å². The topological polar surface area (TPSA) is 61.2 Å². The predicted molar refractivity (Wildman–Crippen MR) is 73.3 cm³/mol. The highest BCUT2D eigenvalue weighted by molar-refractivity contribution is 5.45. The fraction of sp³-hybridized carbons (Fsp3) is 0.429. The number of ether oxygens (including phenoxy) is 2. The zero-order valence-corrected chi connectivity index (χ0v) is 11.1. The van der Waals surface area contributed by atoms with E-state index >= 15 is 0 Å². The lowest BCUT2D eigenvalue weighted by molar-refractivity contribution is 0.297. The number of hydrogen-bond donors (Lipinski definition) is 1. The molecule has 1 atom stereocenters. The lowest BCUT2D eigenvalue weighted by atomic mass is 10.0. The maximum Gasteiger partial charge on any atom is 0.221 e. The quantitative estimate of drug-likeness (QED) is 0.858. The number of anilines is 1. The largest absolute Gasteiger partial charge is 0.490 e. The SMILES string of the molecule is c1nc2n(n1)C(c1ccc3c(c1)OCCCO3)CCN2. The first kappa shape index (κ1) is 11.6. The molecule has 4 rings (SSSR count). The molecule has 104 valence electrons. The molecule has 0 aliphatic carbocycles. The van der Waals surface area contributed by atoms with Gasteiger partial charge in [0.05, 0.1) is 19.3 Å². The van der Waals surface area contributed by atoms with Crippen LogP contribution in [0.1, 0.15) is 24.4 Å². The highest BCUT2D eigenvalue weighted by atomic mass is 16.5. The lowest BCUT2D eigenvalue weighted by Crippen LogP contribution is -2.24. The molecule has 0 radical (unpaired) electrons. The average molecular weight is 272 g/mol. The highest BCUT2D eigenvalue weighted by Gasteiger charge is 2.24. The van der Waals surface area contributed by atoms with Crippen molar-refractivity contribution in [2.75, 3.05) is 25.1 Å². The van der Waals surface area contributed by atoms with E-state index in [1.165, 1.54) is 5.56 Å². The van der Waals surface area contributed by atoms with Crippen molar-refractivity contribution in [2.24, 2.45) is 0 Å². The second-order valence-corrected chi connectivity index (χ2v) is 5.02. The van der Waals surface area contributed by atoms with Crippen LogP contribution in [0.15, 0.2) is 24.5 Å². The van der Waals surface area contributed by atoms with Gasteiger partial charge in [-0.25, -0.2) is 4.68 Å². The molecule has 3 heterocycles. The Labute approximate surface area is 116 Å². The second kappa shape index (κ2) is 4.70. The standard InChI is InChI=1S/C14H16N4O2/c1-6-19-12-3-2-10(8-13(12)20-7-1)11-4-5-15-14-16-9-17-18(11)14/h2-3,8-9,11H,1,4-7H2,(H,15,16,17). The van der Waals surface area contributed by atoms with Gasteiger partial charge in [-0.05, 0) is 24.1 Å². The predicted octanol–water partition coefficient (Wildman–Crippen LogP) is 1.84. The van der Waals surface area contributed by atoms with Crippen molar-refractivity contribution in [3.8, 4) is 11.5 Å². The van der Waals surface area contributed by atoms with Crippen molar-refractivity contribution in [2.45, 2.75) is 18.9 Å². The smallest absolute Gasteiger partial charge is 0.221 e. The van der Waals surface area contributed by atoms with Crippen LogP contribution in [-0.2, 0) is 0 Å². The van der Waals surface area contributed by atoms with Crippen LogP contribution in [0.5, 0.6) is 11.5 Å². The molecule has 0 fully saturated rings. The Balaban J connectivity index is 1.72. The number of fused-ring (bicyclic) bond motifs is 2. The maximum absolute atomic E-state index is 5.76. The summed E-state index contributed by atoms with van der Waals surface area (Å²) >= 11 is 0. The molecule has 2 aliphatic heterocycles. The molecule has 0 saturated heterocycles. The number of nitrogens with zero attached hydrogens (tertiary/aromatic N) is 3. The van der Waals surface area contributed by atoms with Crippen molar-refractivity contribution >= 4 is 5.95 Å². The number of benzene rings is 1. The minimum absolute atomic E-state index is 0.200. The van der Waals surface area contributed by atoms with E-state index in [1.54, 1.807) is 6.33 Å². The number of aromatic nitrogens is 3. The van der Waals surface area contributed by atoms with E-state index in [0.29, 0.717) is 13.2 Å². The summed E-state index contributed by atoms with van der Waals surface area (Å²) in [5, 5.41) is 7.56. The summed E-state index contributed by atoms with van der Waals surface area (Å²) in [4.78, 5) is 4.22. The maximum atomic E-state index is 5.76. The molecule has 0 bridgehead atoms. The van der Waals surface area contributed by atoms with Crippen molar-refractivity contribution in [1.29, 1.82) is 0 Å². The molecule has 20 heavy (non-hydrogen) atoms. The molecular formula is C14H16N4O2. The van der Waals surface area contributed by atoms with Gasteiger partial charge in [0.15, 0.2) is 11.5 Å². The molecule has 2 aliphatic rings. The molecule has 1 N–H and O–H groups in total. The second-order valence-electron chi connectivity index (χ2n) is 5.02.